The number of fused-ring (bicyclic) bond motifs is 1. The summed E-state index contributed by atoms with van der Waals surface area (Å²) in [7, 11) is 0. The van der Waals surface area contributed by atoms with Gasteiger partial charge >= 0.3 is 6.18 Å². The van der Waals surface area contributed by atoms with E-state index in [0.717, 1.165) is 23.0 Å². The molecule has 1 heterocycles. The number of para-hydroxylation sites is 1. The minimum atomic E-state index is -4.35. The largest absolute Gasteiger partial charge is 0.416 e. The van der Waals surface area contributed by atoms with E-state index in [0.29, 0.717) is 17.2 Å². The lowest BCUT2D eigenvalue weighted by molar-refractivity contribution is -0.137. The number of aromatic nitrogens is 2. The number of aryl methyl sites for hydroxylation is 1. The molecule has 0 aliphatic rings. The lowest BCUT2D eigenvalue weighted by Gasteiger charge is -2.18. The van der Waals surface area contributed by atoms with Gasteiger partial charge in [-0.05, 0) is 43.7 Å². The molecule has 1 atom stereocenters. The van der Waals surface area contributed by atoms with Gasteiger partial charge in [0.15, 0.2) is 0 Å². The smallest absolute Gasteiger partial charge is 0.363 e. The number of hydrogen-bond donors (Lipinski definition) is 1. The Bertz CT molecular complexity index is 875. The van der Waals surface area contributed by atoms with Crippen LogP contribution >= 0.6 is 0 Å². The molecule has 0 amide bonds. The first-order valence-corrected chi connectivity index (χ1v) is 7.51. The fraction of sp³-hybridized carbons (Fsp3) is 0.222. The van der Waals surface area contributed by atoms with Crippen molar-refractivity contribution in [3.8, 4) is 0 Å². The number of halogens is 3. The van der Waals surface area contributed by atoms with Gasteiger partial charge in [-0.25, -0.2) is 9.97 Å². The Morgan fingerprint density at radius 1 is 1.00 bits per heavy atom. The van der Waals surface area contributed by atoms with E-state index in [1.165, 1.54) is 6.07 Å². The normalized spacial score (nSPS) is 13.0. The van der Waals surface area contributed by atoms with Crippen LogP contribution in [0.3, 0.4) is 0 Å². The van der Waals surface area contributed by atoms with E-state index in [1.54, 1.807) is 13.0 Å². The molecule has 124 valence electrons. The molecule has 3 aromatic rings. The fourth-order valence-corrected chi connectivity index (χ4v) is 2.58. The highest BCUT2D eigenvalue weighted by atomic mass is 19.4. The summed E-state index contributed by atoms with van der Waals surface area (Å²) >= 11 is 0. The highest BCUT2D eigenvalue weighted by Crippen LogP contribution is 2.32. The first-order valence-electron chi connectivity index (χ1n) is 7.51. The molecule has 1 unspecified atom stereocenters. The van der Waals surface area contributed by atoms with Gasteiger partial charge in [-0.1, -0.05) is 24.3 Å². The number of rotatable bonds is 3. The van der Waals surface area contributed by atoms with Crippen LogP contribution in [0, 0.1) is 6.92 Å². The molecule has 0 aliphatic carbocycles. The average Bonchev–Trinajstić information content (AvgIpc) is 2.54. The van der Waals surface area contributed by atoms with E-state index in [-0.39, 0.29) is 6.04 Å². The van der Waals surface area contributed by atoms with Gasteiger partial charge in [-0.15, -0.1) is 0 Å². The van der Waals surface area contributed by atoms with E-state index < -0.39 is 11.7 Å². The molecule has 0 saturated carbocycles. The molecule has 0 fully saturated rings. The predicted molar refractivity (Wildman–Crippen MR) is 87.8 cm³/mol. The SMILES string of the molecule is Cc1nc(NC(C)c2cccc(C(F)(F)F)c2)c2ccccc2n1. The fourth-order valence-electron chi connectivity index (χ4n) is 2.58. The summed E-state index contributed by atoms with van der Waals surface area (Å²) < 4.78 is 38.6. The summed E-state index contributed by atoms with van der Waals surface area (Å²) in [6.45, 7) is 3.59. The first kappa shape index (κ1) is 16.2. The Hall–Kier alpha value is -2.63. The number of alkyl halides is 3. The summed E-state index contributed by atoms with van der Waals surface area (Å²) in [5, 5.41) is 4.04. The summed E-state index contributed by atoms with van der Waals surface area (Å²) in [6.07, 6.45) is -4.35. The Morgan fingerprint density at radius 2 is 1.75 bits per heavy atom. The number of nitrogens with zero attached hydrogens (tertiary/aromatic N) is 2. The quantitative estimate of drug-likeness (QED) is 0.723. The van der Waals surface area contributed by atoms with Crippen LogP contribution in [0.5, 0.6) is 0 Å². The zero-order valence-electron chi connectivity index (χ0n) is 13.2. The van der Waals surface area contributed by atoms with Crippen molar-refractivity contribution in [1.82, 2.24) is 9.97 Å². The van der Waals surface area contributed by atoms with E-state index >= 15 is 0 Å². The second-order valence-electron chi connectivity index (χ2n) is 5.63. The second kappa shape index (κ2) is 6.11. The Morgan fingerprint density at radius 3 is 2.50 bits per heavy atom. The van der Waals surface area contributed by atoms with Crippen molar-refractivity contribution in [3.05, 3.63) is 65.5 Å². The maximum Gasteiger partial charge on any atom is 0.416 e. The monoisotopic (exact) mass is 331 g/mol. The zero-order chi connectivity index (χ0) is 17.3. The predicted octanol–water partition coefficient (Wildman–Crippen LogP) is 5.13. The van der Waals surface area contributed by atoms with Crippen LogP contribution in [0.4, 0.5) is 19.0 Å². The molecule has 0 aliphatic heterocycles. The standard InChI is InChI=1S/C18H16F3N3/c1-11(13-6-5-7-14(10-13)18(19,20)21)22-17-15-8-3-4-9-16(15)23-12(2)24-17/h3-11H,1-2H3,(H,22,23,24). The molecule has 3 rings (SSSR count). The molecule has 0 bridgehead atoms. The number of hydrogen-bond acceptors (Lipinski definition) is 3. The molecule has 0 spiro atoms. The van der Waals surface area contributed by atoms with E-state index in [1.807, 2.05) is 31.2 Å². The molecule has 1 N–H and O–H groups in total. The van der Waals surface area contributed by atoms with Crippen LogP contribution in [0.25, 0.3) is 10.9 Å². The van der Waals surface area contributed by atoms with Gasteiger partial charge in [0.1, 0.15) is 11.6 Å². The van der Waals surface area contributed by atoms with Gasteiger partial charge < -0.3 is 5.32 Å². The molecule has 0 saturated heterocycles. The molecule has 3 nitrogen and oxygen atoms in total. The van der Waals surface area contributed by atoms with Crippen molar-refractivity contribution in [2.45, 2.75) is 26.1 Å². The van der Waals surface area contributed by atoms with Crippen LogP contribution in [-0.2, 0) is 6.18 Å². The summed E-state index contributed by atoms with van der Waals surface area (Å²) in [5.41, 5.74) is 0.686. The van der Waals surface area contributed by atoms with Crippen molar-refractivity contribution < 1.29 is 13.2 Å². The summed E-state index contributed by atoms with van der Waals surface area (Å²) in [6, 6.07) is 12.5. The zero-order valence-corrected chi connectivity index (χ0v) is 13.2. The molecular formula is C18H16F3N3. The summed E-state index contributed by atoms with van der Waals surface area (Å²) in [4.78, 5) is 8.76. The van der Waals surface area contributed by atoms with E-state index in [4.69, 9.17) is 0 Å². The molecule has 6 heteroatoms. The van der Waals surface area contributed by atoms with Crippen LogP contribution in [0.15, 0.2) is 48.5 Å². The van der Waals surface area contributed by atoms with Crippen molar-refractivity contribution >= 4 is 16.7 Å². The number of anilines is 1. The lowest BCUT2D eigenvalue weighted by Crippen LogP contribution is -2.11. The number of benzene rings is 2. The third-order valence-corrected chi connectivity index (χ3v) is 3.78. The molecule has 0 radical (unpaired) electrons. The Balaban J connectivity index is 1.95. The van der Waals surface area contributed by atoms with E-state index in [9.17, 15) is 13.2 Å². The Labute approximate surface area is 137 Å². The lowest BCUT2D eigenvalue weighted by atomic mass is 10.0. The van der Waals surface area contributed by atoms with Crippen molar-refractivity contribution in [2.75, 3.05) is 5.32 Å². The van der Waals surface area contributed by atoms with Crippen molar-refractivity contribution in [2.24, 2.45) is 0 Å². The molecular weight excluding hydrogens is 315 g/mol. The number of nitrogens with one attached hydrogen (secondary N) is 1. The maximum atomic E-state index is 12.9. The van der Waals surface area contributed by atoms with Gasteiger partial charge in [0.25, 0.3) is 0 Å². The molecule has 2 aromatic carbocycles. The third kappa shape index (κ3) is 3.32. The minimum absolute atomic E-state index is 0.329. The van der Waals surface area contributed by atoms with Crippen molar-refractivity contribution in [3.63, 3.8) is 0 Å². The maximum absolute atomic E-state index is 12.9. The minimum Gasteiger partial charge on any atom is -0.363 e. The van der Waals surface area contributed by atoms with Gasteiger partial charge in [0.2, 0.25) is 0 Å². The van der Waals surface area contributed by atoms with E-state index in [2.05, 4.69) is 15.3 Å². The molecule has 1 aromatic heterocycles. The van der Waals surface area contributed by atoms with Crippen LogP contribution in [0.1, 0.15) is 29.9 Å². The summed E-state index contributed by atoms with van der Waals surface area (Å²) in [5.74, 6) is 1.22. The highest BCUT2D eigenvalue weighted by Gasteiger charge is 2.30. The van der Waals surface area contributed by atoms with Gasteiger partial charge in [0, 0.05) is 11.4 Å². The Kier molecular flexibility index (Phi) is 4.13. The highest BCUT2D eigenvalue weighted by molar-refractivity contribution is 5.89. The topological polar surface area (TPSA) is 37.8 Å². The second-order valence-corrected chi connectivity index (χ2v) is 5.63. The van der Waals surface area contributed by atoms with Crippen LogP contribution in [0.2, 0.25) is 0 Å². The first-order chi connectivity index (χ1) is 11.3. The molecule has 24 heavy (non-hydrogen) atoms. The van der Waals surface area contributed by atoms with Gasteiger partial charge in [-0.2, -0.15) is 13.2 Å². The van der Waals surface area contributed by atoms with Crippen molar-refractivity contribution in [1.29, 1.82) is 0 Å². The third-order valence-electron chi connectivity index (χ3n) is 3.78. The van der Waals surface area contributed by atoms with Crippen LogP contribution in [-0.4, -0.2) is 9.97 Å². The van der Waals surface area contributed by atoms with Crippen LogP contribution < -0.4 is 5.32 Å². The average molecular weight is 331 g/mol. The van der Waals surface area contributed by atoms with Gasteiger partial charge in [-0.3, -0.25) is 0 Å². The van der Waals surface area contributed by atoms with Gasteiger partial charge in [0.05, 0.1) is 11.1 Å².